The molecule has 1 atom stereocenters. The van der Waals surface area contributed by atoms with Crippen molar-refractivity contribution in [1.82, 2.24) is 9.97 Å². The molecule has 90 valence electrons. The van der Waals surface area contributed by atoms with Crippen molar-refractivity contribution in [2.75, 3.05) is 14.2 Å². The van der Waals surface area contributed by atoms with Gasteiger partial charge in [-0.1, -0.05) is 11.6 Å². The maximum atomic E-state index is 5.99. The molecular formula is C10H14BrClN2O2. The van der Waals surface area contributed by atoms with Crippen LogP contribution >= 0.6 is 27.5 Å². The molecule has 0 radical (unpaired) electrons. The highest BCUT2D eigenvalue weighted by Gasteiger charge is 2.12. The van der Waals surface area contributed by atoms with Crippen LogP contribution in [0.5, 0.6) is 0 Å². The molecule has 1 heterocycles. The van der Waals surface area contributed by atoms with Gasteiger partial charge in [0.05, 0.1) is 22.9 Å². The summed E-state index contributed by atoms with van der Waals surface area (Å²) in [7, 11) is 3.26. The van der Waals surface area contributed by atoms with E-state index in [1.165, 1.54) is 0 Å². The third-order valence-corrected chi connectivity index (χ3v) is 3.41. The van der Waals surface area contributed by atoms with Gasteiger partial charge in [0.25, 0.3) is 0 Å². The van der Waals surface area contributed by atoms with E-state index >= 15 is 0 Å². The van der Waals surface area contributed by atoms with Crippen molar-refractivity contribution in [1.29, 1.82) is 0 Å². The van der Waals surface area contributed by atoms with Gasteiger partial charge in [-0.15, -0.1) is 0 Å². The van der Waals surface area contributed by atoms with Crippen molar-refractivity contribution in [3.05, 3.63) is 21.1 Å². The van der Waals surface area contributed by atoms with Gasteiger partial charge in [0.15, 0.2) is 0 Å². The minimum absolute atomic E-state index is 0.0626. The van der Waals surface area contributed by atoms with E-state index in [-0.39, 0.29) is 6.10 Å². The Morgan fingerprint density at radius 2 is 2.06 bits per heavy atom. The smallest absolute Gasteiger partial charge is 0.147 e. The van der Waals surface area contributed by atoms with Crippen LogP contribution in [0.15, 0.2) is 4.47 Å². The molecule has 1 aromatic rings. The van der Waals surface area contributed by atoms with Crippen molar-refractivity contribution in [3.8, 4) is 0 Å². The standard InChI is InChI=1S/C10H14BrClN2O2/c1-6(16-3)4-8-13-7(5-15-2)9(11)10(12)14-8/h6H,4-5H2,1-3H3. The molecule has 0 aromatic carbocycles. The molecule has 0 spiro atoms. The van der Waals surface area contributed by atoms with Gasteiger partial charge in [-0.2, -0.15) is 0 Å². The zero-order valence-electron chi connectivity index (χ0n) is 9.46. The molecule has 6 heteroatoms. The number of nitrogens with zero attached hydrogens (tertiary/aromatic N) is 2. The normalized spacial score (nSPS) is 12.8. The van der Waals surface area contributed by atoms with Crippen molar-refractivity contribution >= 4 is 27.5 Å². The van der Waals surface area contributed by atoms with E-state index in [1.54, 1.807) is 14.2 Å². The molecule has 0 aliphatic heterocycles. The molecule has 0 saturated heterocycles. The van der Waals surface area contributed by atoms with Crippen LogP contribution in [0.2, 0.25) is 5.15 Å². The van der Waals surface area contributed by atoms with E-state index in [0.29, 0.717) is 28.5 Å². The average Bonchev–Trinajstić information content (AvgIpc) is 2.25. The highest BCUT2D eigenvalue weighted by atomic mass is 79.9. The van der Waals surface area contributed by atoms with Gasteiger partial charge in [-0.3, -0.25) is 0 Å². The Morgan fingerprint density at radius 1 is 1.38 bits per heavy atom. The van der Waals surface area contributed by atoms with E-state index < -0.39 is 0 Å². The summed E-state index contributed by atoms with van der Waals surface area (Å²) in [6.07, 6.45) is 0.688. The fourth-order valence-corrected chi connectivity index (χ4v) is 1.67. The lowest BCUT2D eigenvalue weighted by molar-refractivity contribution is 0.116. The summed E-state index contributed by atoms with van der Waals surface area (Å²) in [6, 6.07) is 0. The van der Waals surface area contributed by atoms with Gasteiger partial charge in [-0.25, -0.2) is 9.97 Å². The SMILES string of the molecule is COCc1nc(CC(C)OC)nc(Cl)c1Br. The molecule has 1 unspecified atom stereocenters. The maximum Gasteiger partial charge on any atom is 0.147 e. The van der Waals surface area contributed by atoms with Gasteiger partial charge < -0.3 is 9.47 Å². The number of halogens is 2. The van der Waals surface area contributed by atoms with Crippen LogP contribution in [0.3, 0.4) is 0 Å². The molecule has 0 fully saturated rings. The Balaban J connectivity index is 2.94. The summed E-state index contributed by atoms with van der Waals surface area (Å²) in [5, 5.41) is 0.403. The van der Waals surface area contributed by atoms with E-state index in [4.69, 9.17) is 21.1 Å². The summed E-state index contributed by atoms with van der Waals surface area (Å²) in [6.45, 7) is 2.35. The molecule has 0 aliphatic rings. The van der Waals surface area contributed by atoms with Crippen LogP contribution in [0.25, 0.3) is 0 Å². The van der Waals surface area contributed by atoms with Crippen LogP contribution in [0.4, 0.5) is 0 Å². The highest BCUT2D eigenvalue weighted by Crippen LogP contribution is 2.24. The first-order valence-corrected chi connectivity index (χ1v) is 5.98. The Labute approximate surface area is 108 Å². The van der Waals surface area contributed by atoms with E-state index in [0.717, 1.165) is 5.69 Å². The Bertz CT molecular complexity index is 363. The van der Waals surface area contributed by atoms with Crippen LogP contribution < -0.4 is 0 Å². The topological polar surface area (TPSA) is 44.2 Å². The van der Waals surface area contributed by atoms with Gasteiger partial charge in [-0.05, 0) is 22.9 Å². The minimum Gasteiger partial charge on any atom is -0.381 e. The second-order valence-corrected chi connectivity index (χ2v) is 4.53. The average molecular weight is 310 g/mol. The van der Waals surface area contributed by atoms with Gasteiger partial charge in [0.1, 0.15) is 11.0 Å². The van der Waals surface area contributed by atoms with Crippen LogP contribution in [-0.2, 0) is 22.5 Å². The lowest BCUT2D eigenvalue weighted by Gasteiger charge is -2.10. The molecule has 0 saturated carbocycles. The lowest BCUT2D eigenvalue weighted by Crippen LogP contribution is -2.13. The fourth-order valence-electron chi connectivity index (χ4n) is 1.18. The molecule has 0 aliphatic carbocycles. The quantitative estimate of drug-likeness (QED) is 0.784. The van der Waals surface area contributed by atoms with E-state index in [2.05, 4.69) is 25.9 Å². The van der Waals surface area contributed by atoms with Crippen molar-refractivity contribution in [3.63, 3.8) is 0 Å². The van der Waals surface area contributed by atoms with Crippen LogP contribution in [-0.4, -0.2) is 30.3 Å². The summed E-state index contributed by atoms with van der Waals surface area (Å²) < 4.78 is 10.9. The molecule has 0 amide bonds. The molecule has 16 heavy (non-hydrogen) atoms. The van der Waals surface area contributed by atoms with Crippen LogP contribution in [0, 0.1) is 0 Å². The summed E-state index contributed by atoms with van der Waals surface area (Å²) in [5.41, 5.74) is 0.751. The van der Waals surface area contributed by atoms with E-state index in [9.17, 15) is 0 Å². The second kappa shape index (κ2) is 6.49. The van der Waals surface area contributed by atoms with E-state index in [1.807, 2.05) is 6.92 Å². The predicted molar refractivity (Wildman–Crippen MR) is 65.6 cm³/mol. The summed E-state index contributed by atoms with van der Waals surface area (Å²) in [4.78, 5) is 8.54. The minimum atomic E-state index is 0.0626. The number of hydrogen-bond donors (Lipinski definition) is 0. The van der Waals surface area contributed by atoms with Gasteiger partial charge in [0, 0.05) is 20.6 Å². The number of rotatable bonds is 5. The van der Waals surface area contributed by atoms with Crippen molar-refractivity contribution in [2.45, 2.75) is 26.1 Å². The number of ether oxygens (including phenoxy) is 2. The summed E-state index contributed by atoms with van der Waals surface area (Å²) in [5.74, 6) is 0.662. The monoisotopic (exact) mass is 308 g/mol. The molecule has 0 N–H and O–H groups in total. The molecule has 0 bridgehead atoms. The number of aromatic nitrogens is 2. The van der Waals surface area contributed by atoms with Crippen molar-refractivity contribution in [2.24, 2.45) is 0 Å². The number of hydrogen-bond acceptors (Lipinski definition) is 4. The largest absolute Gasteiger partial charge is 0.381 e. The summed E-state index contributed by atoms with van der Waals surface area (Å²) >= 11 is 9.32. The Kier molecular flexibility index (Phi) is 5.61. The van der Waals surface area contributed by atoms with Gasteiger partial charge >= 0.3 is 0 Å². The third-order valence-electron chi connectivity index (χ3n) is 2.08. The number of methoxy groups -OCH3 is 2. The van der Waals surface area contributed by atoms with Crippen molar-refractivity contribution < 1.29 is 9.47 Å². The molecule has 1 rings (SSSR count). The molecule has 1 aromatic heterocycles. The fraction of sp³-hybridized carbons (Fsp3) is 0.600. The lowest BCUT2D eigenvalue weighted by atomic mass is 10.2. The Hall–Kier alpha value is -0.230. The first kappa shape index (κ1) is 13.8. The van der Waals surface area contributed by atoms with Crippen LogP contribution in [0.1, 0.15) is 18.4 Å². The highest BCUT2D eigenvalue weighted by molar-refractivity contribution is 9.10. The predicted octanol–water partition coefficient (Wildman–Crippen LogP) is 2.62. The maximum absolute atomic E-state index is 5.99. The first-order valence-electron chi connectivity index (χ1n) is 4.81. The zero-order valence-corrected chi connectivity index (χ0v) is 11.8. The molecular weight excluding hydrogens is 295 g/mol. The zero-order chi connectivity index (χ0) is 12.1. The third kappa shape index (κ3) is 3.66. The first-order chi connectivity index (χ1) is 7.58. The Morgan fingerprint density at radius 3 is 2.62 bits per heavy atom. The second-order valence-electron chi connectivity index (χ2n) is 3.37. The van der Waals surface area contributed by atoms with Gasteiger partial charge in [0.2, 0.25) is 0 Å². The molecule has 4 nitrogen and oxygen atoms in total.